The third kappa shape index (κ3) is 4.73. The molecule has 0 aromatic heterocycles. The third-order valence-electron chi connectivity index (χ3n) is 4.27. The second-order valence-corrected chi connectivity index (χ2v) is 13.5. The molecule has 0 saturated heterocycles. The van der Waals surface area contributed by atoms with Crippen molar-refractivity contribution in [3.63, 3.8) is 0 Å². The van der Waals surface area contributed by atoms with E-state index in [1.807, 2.05) is 48.5 Å². The number of benzene rings is 2. The fourth-order valence-electron chi connectivity index (χ4n) is 2.83. The minimum Gasteiger partial charge on any atom is -0.373 e. The molecule has 0 spiro atoms. The molecule has 154 valence electrons. The number of hydrogen-bond donors (Lipinski definition) is 0. The van der Waals surface area contributed by atoms with E-state index in [0.717, 1.165) is 20.2 Å². The van der Waals surface area contributed by atoms with Crippen LogP contribution in [0, 0.1) is 0 Å². The van der Waals surface area contributed by atoms with E-state index in [4.69, 9.17) is 26.6 Å². The van der Waals surface area contributed by atoms with Crippen LogP contribution in [-0.4, -0.2) is 60.3 Å². The lowest BCUT2D eigenvalue weighted by Crippen LogP contribution is -2.55. The molecule has 0 amide bonds. The van der Waals surface area contributed by atoms with E-state index >= 15 is 0 Å². The van der Waals surface area contributed by atoms with E-state index in [1.165, 1.54) is 0 Å². The molecule has 0 unspecified atom stereocenters. The zero-order valence-electron chi connectivity index (χ0n) is 16.9. The SMILES string of the molecule is CO[Si](OC)(OC)c1ccccc1SSc1ccccc1[Si](OC)(OC)OC. The predicted molar refractivity (Wildman–Crippen MR) is 117 cm³/mol. The molecule has 0 atom stereocenters. The molecule has 0 fully saturated rings. The van der Waals surface area contributed by atoms with Crippen LogP contribution in [0.15, 0.2) is 58.3 Å². The highest BCUT2D eigenvalue weighted by Gasteiger charge is 2.44. The van der Waals surface area contributed by atoms with E-state index in [0.29, 0.717) is 0 Å². The van der Waals surface area contributed by atoms with Crippen molar-refractivity contribution in [1.82, 2.24) is 0 Å². The Morgan fingerprint density at radius 2 is 0.786 bits per heavy atom. The first-order valence-electron chi connectivity index (χ1n) is 8.40. The van der Waals surface area contributed by atoms with Crippen molar-refractivity contribution >= 4 is 49.6 Å². The molecule has 0 saturated carbocycles. The lowest BCUT2D eigenvalue weighted by molar-refractivity contribution is 0.139. The van der Waals surface area contributed by atoms with E-state index in [2.05, 4.69) is 0 Å². The van der Waals surface area contributed by atoms with Gasteiger partial charge in [-0.15, -0.1) is 0 Å². The van der Waals surface area contributed by atoms with E-state index in [1.54, 1.807) is 64.2 Å². The van der Waals surface area contributed by atoms with E-state index in [-0.39, 0.29) is 0 Å². The monoisotopic (exact) mass is 458 g/mol. The summed E-state index contributed by atoms with van der Waals surface area (Å²) in [5.74, 6) is 0. The molecule has 28 heavy (non-hydrogen) atoms. The van der Waals surface area contributed by atoms with Gasteiger partial charge in [-0.25, -0.2) is 0 Å². The third-order valence-corrected chi connectivity index (χ3v) is 12.5. The standard InChI is InChI=1S/C18H26O6S2Si2/c1-19-27(20-2,21-3)17-13-9-7-11-15(17)25-26-16-12-8-10-14-18(16)28(22-4,23-5)24-6/h7-14H,1-6H3. The molecule has 6 nitrogen and oxygen atoms in total. The van der Waals surface area contributed by atoms with E-state index in [9.17, 15) is 0 Å². The van der Waals surface area contributed by atoms with Crippen molar-refractivity contribution in [2.24, 2.45) is 0 Å². The summed E-state index contributed by atoms with van der Waals surface area (Å²) in [7, 11) is 6.97. The topological polar surface area (TPSA) is 55.4 Å². The van der Waals surface area contributed by atoms with Crippen LogP contribution < -0.4 is 10.4 Å². The lowest BCUT2D eigenvalue weighted by Gasteiger charge is -2.27. The highest BCUT2D eigenvalue weighted by Crippen LogP contribution is 2.37. The minimum atomic E-state index is -2.95. The van der Waals surface area contributed by atoms with Crippen molar-refractivity contribution in [3.05, 3.63) is 48.5 Å². The van der Waals surface area contributed by atoms with Gasteiger partial charge < -0.3 is 26.6 Å². The molecule has 0 N–H and O–H groups in total. The summed E-state index contributed by atoms with van der Waals surface area (Å²) in [6.07, 6.45) is 0. The summed E-state index contributed by atoms with van der Waals surface area (Å²) in [6.45, 7) is 0. The van der Waals surface area contributed by atoms with Crippen molar-refractivity contribution in [2.45, 2.75) is 9.79 Å². The molecule has 2 aromatic rings. The molecule has 2 aromatic carbocycles. The van der Waals surface area contributed by atoms with Gasteiger partial charge in [0.05, 0.1) is 0 Å². The van der Waals surface area contributed by atoms with Crippen LogP contribution in [0.1, 0.15) is 0 Å². The van der Waals surface area contributed by atoms with Crippen LogP contribution in [-0.2, 0) is 26.6 Å². The smallest absolute Gasteiger partial charge is 0.373 e. The fraction of sp³-hybridized carbons (Fsp3) is 0.333. The van der Waals surface area contributed by atoms with Gasteiger partial charge in [0, 0.05) is 62.8 Å². The molecular weight excluding hydrogens is 432 g/mol. The highest BCUT2D eigenvalue weighted by molar-refractivity contribution is 8.76. The Balaban J connectivity index is 2.37. The number of hydrogen-bond acceptors (Lipinski definition) is 8. The van der Waals surface area contributed by atoms with Gasteiger partial charge >= 0.3 is 17.6 Å². The van der Waals surface area contributed by atoms with Gasteiger partial charge in [-0.3, -0.25) is 0 Å². The second-order valence-electron chi connectivity index (χ2n) is 5.50. The zero-order valence-corrected chi connectivity index (χ0v) is 20.5. The predicted octanol–water partition coefficient (Wildman–Crippen LogP) is 2.66. The average molecular weight is 459 g/mol. The van der Waals surface area contributed by atoms with Crippen LogP contribution in [0.3, 0.4) is 0 Å². The first-order chi connectivity index (χ1) is 13.6. The molecule has 10 heteroatoms. The van der Waals surface area contributed by atoms with Crippen molar-refractivity contribution in [3.8, 4) is 0 Å². The van der Waals surface area contributed by atoms with Gasteiger partial charge in [-0.05, 0) is 12.1 Å². The van der Waals surface area contributed by atoms with Gasteiger partial charge in [-0.2, -0.15) is 0 Å². The maximum atomic E-state index is 5.66. The summed E-state index contributed by atoms with van der Waals surface area (Å²) in [5, 5.41) is 1.84. The Bertz CT molecular complexity index is 676. The minimum absolute atomic E-state index is 0.922. The summed E-state index contributed by atoms with van der Waals surface area (Å²) >= 11 is 0. The average Bonchev–Trinajstić information content (AvgIpc) is 2.77. The second kappa shape index (κ2) is 10.9. The Morgan fingerprint density at radius 3 is 1.07 bits per heavy atom. The van der Waals surface area contributed by atoms with Crippen LogP contribution in [0.2, 0.25) is 0 Å². The molecular formula is C18H26O6S2Si2. The lowest BCUT2D eigenvalue weighted by atomic mass is 10.4. The summed E-state index contributed by atoms with van der Waals surface area (Å²) in [5.41, 5.74) is 0. The summed E-state index contributed by atoms with van der Waals surface area (Å²) in [6, 6.07) is 15.9. The first-order valence-corrected chi connectivity index (χ1v) is 14.0. The Morgan fingerprint density at radius 1 is 0.500 bits per heavy atom. The Labute approximate surface area is 177 Å². The van der Waals surface area contributed by atoms with Gasteiger partial charge in [0.1, 0.15) is 0 Å². The van der Waals surface area contributed by atoms with Crippen molar-refractivity contribution in [1.29, 1.82) is 0 Å². The normalized spacial score (nSPS) is 12.4. The zero-order chi connectivity index (χ0) is 20.6. The maximum Gasteiger partial charge on any atom is 0.537 e. The van der Waals surface area contributed by atoms with Crippen molar-refractivity contribution < 1.29 is 26.6 Å². The molecule has 0 aliphatic carbocycles. The largest absolute Gasteiger partial charge is 0.537 e. The summed E-state index contributed by atoms with van der Waals surface area (Å²) < 4.78 is 34.0. The van der Waals surface area contributed by atoms with Crippen LogP contribution in [0.5, 0.6) is 0 Å². The van der Waals surface area contributed by atoms with Gasteiger partial charge in [0.2, 0.25) is 0 Å². The molecule has 2 rings (SSSR count). The van der Waals surface area contributed by atoms with Crippen molar-refractivity contribution in [2.75, 3.05) is 42.7 Å². The molecule has 0 radical (unpaired) electrons. The van der Waals surface area contributed by atoms with E-state index < -0.39 is 17.6 Å². The van der Waals surface area contributed by atoms with Crippen LogP contribution in [0.25, 0.3) is 0 Å². The number of rotatable bonds is 11. The fourth-order valence-corrected chi connectivity index (χ4v) is 10.2. The molecule has 0 aliphatic rings. The van der Waals surface area contributed by atoms with Crippen LogP contribution >= 0.6 is 21.6 Å². The van der Waals surface area contributed by atoms with Crippen LogP contribution in [0.4, 0.5) is 0 Å². The van der Waals surface area contributed by atoms with Gasteiger partial charge in [0.25, 0.3) is 0 Å². The Hall–Kier alpha value is -0.666. The molecule has 0 aliphatic heterocycles. The quantitative estimate of drug-likeness (QED) is 0.376. The highest BCUT2D eigenvalue weighted by atomic mass is 33.1. The first kappa shape index (κ1) is 23.6. The maximum absolute atomic E-state index is 5.66. The Kier molecular flexibility index (Phi) is 9.21. The molecule has 0 heterocycles. The molecule has 0 bridgehead atoms. The van der Waals surface area contributed by atoms with Gasteiger partial charge in [-0.1, -0.05) is 58.0 Å². The summed E-state index contributed by atoms with van der Waals surface area (Å²) in [4.78, 5) is 2.03. The van der Waals surface area contributed by atoms with Gasteiger partial charge in [0.15, 0.2) is 0 Å².